The van der Waals surface area contributed by atoms with Gasteiger partial charge in [-0.15, -0.1) is 0 Å². The molecule has 0 aliphatic carbocycles. The maximum Gasteiger partial charge on any atom is 0.423 e. The SMILES string of the molecule is Cc1ccc(S(=O)(=O)Nc2cccc(C(F)(F)F)c2[N+](=O)[O-])cc1. The first-order valence-corrected chi connectivity index (χ1v) is 7.95. The maximum atomic E-state index is 12.9. The summed E-state index contributed by atoms with van der Waals surface area (Å²) in [6.07, 6.45) is -4.99. The molecule has 0 unspecified atom stereocenters. The van der Waals surface area contributed by atoms with Crippen molar-refractivity contribution in [3.63, 3.8) is 0 Å². The molecule has 24 heavy (non-hydrogen) atoms. The van der Waals surface area contributed by atoms with Crippen molar-refractivity contribution < 1.29 is 26.5 Å². The normalized spacial score (nSPS) is 12.0. The van der Waals surface area contributed by atoms with E-state index in [2.05, 4.69) is 0 Å². The highest BCUT2D eigenvalue weighted by Gasteiger charge is 2.40. The van der Waals surface area contributed by atoms with E-state index >= 15 is 0 Å². The quantitative estimate of drug-likeness (QED) is 0.665. The molecule has 0 bridgehead atoms. The average Bonchev–Trinajstić information content (AvgIpc) is 2.45. The van der Waals surface area contributed by atoms with Crippen LogP contribution in [0.5, 0.6) is 0 Å². The van der Waals surface area contributed by atoms with Crippen LogP contribution in [0.1, 0.15) is 11.1 Å². The van der Waals surface area contributed by atoms with Crippen LogP contribution in [-0.2, 0) is 16.2 Å². The van der Waals surface area contributed by atoms with Gasteiger partial charge in [-0.3, -0.25) is 14.8 Å². The minimum atomic E-state index is -4.99. The van der Waals surface area contributed by atoms with Crippen LogP contribution in [0.25, 0.3) is 0 Å². The molecule has 0 aromatic heterocycles. The molecular formula is C14H11F3N2O4S. The number of nitrogens with zero attached hydrogens (tertiary/aromatic N) is 1. The largest absolute Gasteiger partial charge is 0.423 e. The molecule has 2 aromatic rings. The molecule has 0 atom stereocenters. The van der Waals surface area contributed by atoms with Crippen molar-refractivity contribution in [1.29, 1.82) is 0 Å². The molecule has 128 valence electrons. The highest BCUT2D eigenvalue weighted by atomic mass is 32.2. The summed E-state index contributed by atoms with van der Waals surface area (Å²) in [5.41, 5.74) is -2.85. The van der Waals surface area contributed by atoms with Gasteiger partial charge in [0, 0.05) is 0 Å². The lowest BCUT2D eigenvalue weighted by Gasteiger charge is -2.12. The molecule has 0 heterocycles. The van der Waals surface area contributed by atoms with Gasteiger partial charge in [0.05, 0.1) is 9.82 Å². The molecule has 0 spiro atoms. The monoisotopic (exact) mass is 360 g/mol. The van der Waals surface area contributed by atoms with Crippen molar-refractivity contribution in [2.45, 2.75) is 18.0 Å². The minimum Gasteiger partial charge on any atom is -0.273 e. The Morgan fingerprint density at radius 1 is 1.08 bits per heavy atom. The summed E-state index contributed by atoms with van der Waals surface area (Å²) in [6, 6.07) is 7.79. The Morgan fingerprint density at radius 2 is 1.67 bits per heavy atom. The van der Waals surface area contributed by atoms with Crippen molar-refractivity contribution in [3.05, 3.63) is 63.7 Å². The first kappa shape index (κ1) is 17.7. The Hall–Kier alpha value is -2.62. The standard InChI is InChI=1S/C14H11F3N2O4S/c1-9-5-7-10(8-6-9)24(22,23)18-12-4-2-3-11(14(15,16)17)13(12)19(20)21/h2-8,18H,1H3. The van der Waals surface area contributed by atoms with Gasteiger partial charge in [0.2, 0.25) is 0 Å². The van der Waals surface area contributed by atoms with Crippen LogP contribution in [0.3, 0.4) is 0 Å². The van der Waals surface area contributed by atoms with E-state index in [0.717, 1.165) is 17.7 Å². The predicted octanol–water partition coefficient (Wildman–Crippen LogP) is 3.72. The van der Waals surface area contributed by atoms with E-state index in [-0.39, 0.29) is 4.90 Å². The topological polar surface area (TPSA) is 89.3 Å². The van der Waals surface area contributed by atoms with Gasteiger partial charge in [-0.2, -0.15) is 13.2 Å². The maximum absolute atomic E-state index is 12.9. The van der Waals surface area contributed by atoms with Crippen LogP contribution < -0.4 is 4.72 Å². The number of benzene rings is 2. The second-order valence-electron chi connectivity index (χ2n) is 4.88. The van der Waals surface area contributed by atoms with Crippen LogP contribution in [0.15, 0.2) is 47.4 Å². The minimum absolute atomic E-state index is 0.222. The molecule has 0 saturated carbocycles. The molecule has 1 N–H and O–H groups in total. The van der Waals surface area contributed by atoms with Gasteiger partial charge in [-0.05, 0) is 31.2 Å². The van der Waals surface area contributed by atoms with Crippen LogP contribution >= 0.6 is 0 Å². The van der Waals surface area contributed by atoms with Crippen molar-refractivity contribution >= 4 is 21.4 Å². The molecule has 0 aliphatic rings. The summed E-state index contributed by atoms with van der Waals surface area (Å²) in [5, 5.41) is 11.0. The molecule has 0 radical (unpaired) electrons. The molecule has 6 nitrogen and oxygen atoms in total. The van der Waals surface area contributed by atoms with Crippen LogP contribution in [0, 0.1) is 17.0 Å². The molecular weight excluding hydrogens is 349 g/mol. The zero-order valence-corrected chi connectivity index (χ0v) is 13.0. The Bertz CT molecular complexity index is 878. The van der Waals surface area contributed by atoms with Gasteiger partial charge in [0.1, 0.15) is 11.3 Å². The zero-order chi connectivity index (χ0) is 18.1. The smallest absolute Gasteiger partial charge is 0.273 e. The lowest BCUT2D eigenvalue weighted by atomic mass is 10.1. The average molecular weight is 360 g/mol. The third kappa shape index (κ3) is 3.65. The van der Waals surface area contributed by atoms with E-state index < -0.39 is 38.1 Å². The zero-order valence-electron chi connectivity index (χ0n) is 12.2. The number of rotatable bonds is 4. The lowest BCUT2D eigenvalue weighted by molar-refractivity contribution is -0.387. The van der Waals surface area contributed by atoms with Gasteiger partial charge in [-0.25, -0.2) is 8.42 Å². The van der Waals surface area contributed by atoms with E-state index in [0.29, 0.717) is 6.07 Å². The molecule has 0 saturated heterocycles. The summed E-state index contributed by atoms with van der Waals surface area (Å²) in [5.74, 6) is 0. The fourth-order valence-electron chi connectivity index (χ4n) is 1.97. The first-order valence-electron chi connectivity index (χ1n) is 6.46. The number of anilines is 1. The summed E-state index contributed by atoms with van der Waals surface area (Å²) in [6.45, 7) is 1.72. The number of nitrogens with one attached hydrogen (secondary N) is 1. The molecule has 10 heteroatoms. The number of nitro groups is 1. The summed E-state index contributed by atoms with van der Waals surface area (Å²) >= 11 is 0. The second-order valence-corrected chi connectivity index (χ2v) is 6.56. The highest BCUT2D eigenvalue weighted by Crippen LogP contribution is 2.40. The Morgan fingerprint density at radius 3 is 2.17 bits per heavy atom. The van der Waals surface area contributed by atoms with E-state index in [1.165, 1.54) is 24.3 Å². The summed E-state index contributed by atoms with van der Waals surface area (Å²) < 4.78 is 65.0. The fourth-order valence-corrected chi connectivity index (χ4v) is 3.04. The molecule has 0 fully saturated rings. The number of alkyl halides is 3. The van der Waals surface area contributed by atoms with Crippen molar-refractivity contribution in [1.82, 2.24) is 0 Å². The van der Waals surface area contributed by atoms with Gasteiger partial charge in [0.15, 0.2) is 0 Å². The second kappa shape index (κ2) is 6.11. The van der Waals surface area contributed by atoms with Gasteiger partial charge in [0.25, 0.3) is 10.0 Å². The number of aryl methyl sites for hydroxylation is 1. The van der Waals surface area contributed by atoms with Crippen LogP contribution in [-0.4, -0.2) is 13.3 Å². The van der Waals surface area contributed by atoms with Gasteiger partial charge < -0.3 is 0 Å². The molecule has 0 aliphatic heterocycles. The third-order valence-corrected chi connectivity index (χ3v) is 4.48. The number of halogens is 3. The number of sulfonamides is 1. The third-order valence-electron chi connectivity index (χ3n) is 3.10. The first-order chi connectivity index (χ1) is 11.0. The summed E-state index contributed by atoms with van der Waals surface area (Å²) in [7, 11) is -4.27. The van der Waals surface area contributed by atoms with E-state index in [1.807, 2.05) is 4.72 Å². The van der Waals surface area contributed by atoms with E-state index in [1.54, 1.807) is 6.92 Å². The van der Waals surface area contributed by atoms with E-state index in [9.17, 15) is 31.7 Å². The molecule has 0 amide bonds. The number of para-hydroxylation sites is 1. The van der Waals surface area contributed by atoms with Gasteiger partial charge >= 0.3 is 11.9 Å². The van der Waals surface area contributed by atoms with Crippen LogP contribution in [0.2, 0.25) is 0 Å². The number of hydrogen-bond acceptors (Lipinski definition) is 4. The van der Waals surface area contributed by atoms with Crippen LogP contribution in [0.4, 0.5) is 24.5 Å². The fraction of sp³-hybridized carbons (Fsp3) is 0.143. The van der Waals surface area contributed by atoms with Gasteiger partial charge in [-0.1, -0.05) is 23.8 Å². The van der Waals surface area contributed by atoms with Crippen molar-refractivity contribution in [3.8, 4) is 0 Å². The predicted molar refractivity (Wildman–Crippen MR) is 80.1 cm³/mol. The number of nitro benzene ring substituents is 1. The Labute approximate surface area is 135 Å². The summed E-state index contributed by atoms with van der Waals surface area (Å²) in [4.78, 5) is 9.54. The highest BCUT2D eigenvalue weighted by molar-refractivity contribution is 7.92. The molecule has 2 aromatic carbocycles. The van der Waals surface area contributed by atoms with E-state index in [4.69, 9.17) is 0 Å². The lowest BCUT2D eigenvalue weighted by Crippen LogP contribution is -2.16. The Balaban J connectivity index is 2.53. The van der Waals surface area contributed by atoms with Crippen molar-refractivity contribution in [2.24, 2.45) is 0 Å². The Kier molecular flexibility index (Phi) is 4.52. The number of hydrogen-bond donors (Lipinski definition) is 1. The van der Waals surface area contributed by atoms with Crippen molar-refractivity contribution in [2.75, 3.05) is 4.72 Å². The molecule has 2 rings (SSSR count).